The molecule has 0 aromatic heterocycles. The van der Waals surface area contributed by atoms with Crippen LogP contribution in [0.3, 0.4) is 0 Å². The highest BCUT2D eigenvalue weighted by Crippen LogP contribution is 2.04. The van der Waals surface area contributed by atoms with E-state index in [1.165, 1.54) is 0 Å². The summed E-state index contributed by atoms with van der Waals surface area (Å²) in [6.45, 7) is 1.67. The zero-order valence-corrected chi connectivity index (χ0v) is 10.4. The molecular weight excluding hydrogens is 240 g/mol. The van der Waals surface area contributed by atoms with Crippen molar-refractivity contribution in [3.63, 3.8) is 0 Å². The maximum Gasteiger partial charge on any atom is 0.232 e. The Labute approximate surface area is 95.6 Å². The predicted octanol–water partition coefficient (Wildman–Crippen LogP) is 0.142. The van der Waals surface area contributed by atoms with Crippen LogP contribution in [0.4, 0.5) is 0 Å². The van der Waals surface area contributed by atoms with Crippen molar-refractivity contribution in [2.24, 2.45) is 5.73 Å². The molecule has 1 amide bonds. The van der Waals surface area contributed by atoms with Crippen molar-refractivity contribution in [1.82, 2.24) is 4.31 Å². The van der Waals surface area contributed by atoms with Gasteiger partial charge in [-0.3, -0.25) is 4.79 Å². The molecule has 0 aromatic rings. The Balaban J connectivity index is 4.32. The van der Waals surface area contributed by atoms with Crippen molar-refractivity contribution < 1.29 is 13.2 Å². The van der Waals surface area contributed by atoms with Crippen LogP contribution in [0.5, 0.6) is 0 Å². The average Bonchev–Trinajstić information content (AvgIpc) is 2.14. The summed E-state index contributed by atoms with van der Waals surface area (Å²) < 4.78 is 24.4. The summed E-state index contributed by atoms with van der Waals surface area (Å²) in [4.78, 5) is 10.6. The lowest BCUT2D eigenvalue weighted by atomic mass is 10.4. The van der Waals surface area contributed by atoms with E-state index in [4.69, 9.17) is 17.3 Å². The van der Waals surface area contributed by atoms with Gasteiger partial charge in [0.25, 0.3) is 0 Å². The number of amides is 1. The molecular formula is C8H17ClN2O3S. The summed E-state index contributed by atoms with van der Waals surface area (Å²) in [6.07, 6.45) is 1.15. The van der Waals surface area contributed by atoms with E-state index in [1.807, 2.05) is 0 Å². The van der Waals surface area contributed by atoms with Gasteiger partial charge >= 0.3 is 0 Å². The first-order valence-electron chi connectivity index (χ1n) is 4.76. The number of hydrogen-bond acceptors (Lipinski definition) is 3. The molecule has 0 saturated carbocycles. The minimum absolute atomic E-state index is 0.0147. The van der Waals surface area contributed by atoms with Gasteiger partial charge in [-0.2, -0.15) is 4.31 Å². The molecule has 2 N–H and O–H groups in total. The molecule has 0 unspecified atom stereocenters. The Morgan fingerprint density at radius 1 is 1.40 bits per heavy atom. The van der Waals surface area contributed by atoms with E-state index in [-0.39, 0.29) is 18.8 Å². The van der Waals surface area contributed by atoms with Crippen molar-refractivity contribution in [2.75, 3.05) is 24.7 Å². The van der Waals surface area contributed by atoms with Crippen LogP contribution in [-0.2, 0) is 14.8 Å². The van der Waals surface area contributed by atoms with Crippen molar-refractivity contribution in [2.45, 2.75) is 19.8 Å². The number of likely N-dealkylation sites (N-methyl/N-ethyl adjacent to an activating group) is 1. The molecule has 0 aliphatic heterocycles. The minimum Gasteiger partial charge on any atom is -0.369 e. The summed E-state index contributed by atoms with van der Waals surface area (Å²) >= 11 is 5.45. The zero-order valence-electron chi connectivity index (χ0n) is 8.78. The number of unbranched alkanes of at least 4 members (excludes halogenated alkanes) is 1. The van der Waals surface area contributed by atoms with Gasteiger partial charge in [0.15, 0.2) is 0 Å². The van der Waals surface area contributed by atoms with Gasteiger partial charge in [0.2, 0.25) is 15.9 Å². The fourth-order valence-electron chi connectivity index (χ4n) is 1.09. The molecule has 0 radical (unpaired) electrons. The second-order valence-electron chi connectivity index (χ2n) is 3.10. The topological polar surface area (TPSA) is 80.5 Å². The SMILES string of the molecule is CCN(CC(N)=O)S(=O)(=O)CCCCCl. The number of primary amides is 1. The van der Waals surface area contributed by atoms with Gasteiger partial charge in [0, 0.05) is 12.4 Å². The average molecular weight is 257 g/mol. The lowest BCUT2D eigenvalue weighted by Crippen LogP contribution is -2.39. The normalized spacial score (nSPS) is 11.9. The first-order valence-corrected chi connectivity index (χ1v) is 6.90. The molecule has 0 bridgehead atoms. The number of nitrogens with zero attached hydrogens (tertiary/aromatic N) is 1. The fourth-order valence-corrected chi connectivity index (χ4v) is 2.82. The van der Waals surface area contributed by atoms with Crippen LogP contribution in [0, 0.1) is 0 Å². The number of sulfonamides is 1. The van der Waals surface area contributed by atoms with Crippen molar-refractivity contribution in [1.29, 1.82) is 0 Å². The number of carbonyl (C=O) groups is 1. The van der Waals surface area contributed by atoms with E-state index in [1.54, 1.807) is 6.92 Å². The third-order valence-electron chi connectivity index (χ3n) is 1.86. The lowest BCUT2D eigenvalue weighted by molar-refractivity contribution is -0.118. The lowest BCUT2D eigenvalue weighted by Gasteiger charge is -2.18. The monoisotopic (exact) mass is 256 g/mol. The number of halogens is 1. The highest BCUT2D eigenvalue weighted by atomic mass is 35.5. The van der Waals surface area contributed by atoms with Gasteiger partial charge in [-0.15, -0.1) is 11.6 Å². The molecule has 90 valence electrons. The standard InChI is InChI=1S/C8H17ClN2O3S/c1-2-11(7-8(10)12)15(13,14)6-4-3-5-9/h2-7H2,1H3,(H2,10,12). The van der Waals surface area contributed by atoms with E-state index in [0.717, 1.165) is 4.31 Å². The Bertz CT molecular complexity index is 292. The summed E-state index contributed by atoms with van der Waals surface area (Å²) in [5.74, 6) is -0.184. The third-order valence-corrected chi connectivity index (χ3v) is 4.11. The zero-order chi connectivity index (χ0) is 11.9. The van der Waals surface area contributed by atoms with Gasteiger partial charge in [-0.25, -0.2) is 8.42 Å². The van der Waals surface area contributed by atoms with E-state index in [2.05, 4.69) is 0 Å². The highest BCUT2D eigenvalue weighted by Gasteiger charge is 2.21. The third kappa shape index (κ3) is 5.96. The Morgan fingerprint density at radius 3 is 2.40 bits per heavy atom. The van der Waals surface area contributed by atoms with Gasteiger partial charge in [0.05, 0.1) is 12.3 Å². The van der Waals surface area contributed by atoms with Crippen LogP contribution in [0.15, 0.2) is 0 Å². The van der Waals surface area contributed by atoms with Gasteiger partial charge in [-0.05, 0) is 12.8 Å². The number of nitrogens with two attached hydrogens (primary N) is 1. The minimum atomic E-state index is -3.37. The summed E-state index contributed by atoms with van der Waals surface area (Å²) in [5, 5.41) is 0. The molecule has 0 rings (SSSR count). The van der Waals surface area contributed by atoms with Crippen molar-refractivity contribution in [3.8, 4) is 0 Å². The molecule has 0 saturated heterocycles. The number of alkyl halides is 1. The summed E-state index contributed by atoms with van der Waals surface area (Å²) in [5.41, 5.74) is 4.95. The largest absolute Gasteiger partial charge is 0.369 e. The van der Waals surface area contributed by atoms with Gasteiger partial charge in [0.1, 0.15) is 0 Å². The molecule has 0 aliphatic carbocycles. The van der Waals surface area contributed by atoms with E-state index < -0.39 is 15.9 Å². The number of rotatable bonds is 8. The maximum atomic E-state index is 11.6. The maximum absolute atomic E-state index is 11.6. The first-order chi connectivity index (χ1) is 6.94. The number of carbonyl (C=O) groups excluding carboxylic acids is 1. The fraction of sp³-hybridized carbons (Fsp3) is 0.875. The quantitative estimate of drug-likeness (QED) is 0.496. The molecule has 7 heteroatoms. The van der Waals surface area contributed by atoms with Gasteiger partial charge < -0.3 is 5.73 Å². The molecule has 0 atom stereocenters. The van der Waals surface area contributed by atoms with Gasteiger partial charge in [-0.1, -0.05) is 6.92 Å². The van der Waals surface area contributed by atoms with E-state index in [0.29, 0.717) is 18.7 Å². The molecule has 15 heavy (non-hydrogen) atoms. The smallest absolute Gasteiger partial charge is 0.232 e. The highest BCUT2D eigenvalue weighted by molar-refractivity contribution is 7.89. The first kappa shape index (κ1) is 14.7. The molecule has 0 spiro atoms. The molecule has 0 aromatic carbocycles. The summed E-state index contributed by atoms with van der Waals surface area (Å²) in [6, 6.07) is 0. The number of hydrogen-bond donors (Lipinski definition) is 1. The second-order valence-corrected chi connectivity index (χ2v) is 5.57. The van der Waals surface area contributed by atoms with Crippen LogP contribution < -0.4 is 5.73 Å². The molecule has 5 nitrogen and oxygen atoms in total. The van der Waals surface area contributed by atoms with Crippen LogP contribution >= 0.6 is 11.6 Å². The van der Waals surface area contributed by atoms with E-state index in [9.17, 15) is 13.2 Å². The van der Waals surface area contributed by atoms with Crippen LogP contribution in [0.1, 0.15) is 19.8 Å². The Hall–Kier alpha value is -0.330. The Morgan fingerprint density at radius 2 is 2.00 bits per heavy atom. The predicted molar refractivity (Wildman–Crippen MR) is 60.2 cm³/mol. The Kier molecular flexibility index (Phi) is 6.87. The second kappa shape index (κ2) is 7.03. The van der Waals surface area contributed by atoms with Crippen LogP contribution in [-0.4, -0.2) is 43.4 Å². The van der Waals surface area contributed by atoms with E-state index >= 15 is 0 Å². The molecule has 0 aliphatic rings. The summed E-state index contributed by atoms with van der Waals surface area (Å²) in [7, 11) is -3.37. The van der Waals surface area contributed by atoms with Crippen molar-refractivity contribution in [3.05, 3.63) is 0 Å². The molecule has 0 fully saturated rings. The van der Waals surface area contributed by atoms with Crippen molar-refractivity contribution >= 4 is 27.5 Å². The van der Waals surface area contributed by atoms with Crippen LogP contribution in [0.25, 0.3) is 0 Å². The van der Waals surface area contributed by atoms with Crippen LogP contribution in [0.2, 0.25) is 0 Å². The molecule has 0 heterocycles.